The van der Waals surface area contributed by atoms with Gasteiger partial charge in [-0.05, 0) is 46.5 Å². The fourth-order valence-corrected chi connectivity index (χ4v) is 3.73. The molecule has 1 heterocycles. The van der Waals surface area contributed by atoms with Gasteiger partial charge in [0.1, 0.15) is 6.04 Å². The number of allylic oxidation sites excluding steroid dienone is 5. The third-order valence-corrected chi connectivity index (χ3v) is 5.61. The number of carboxylic acid groups (broad SMARTS) is 1. The standard InChI is InChI=1S/C22H35N3O4S/c1-15(2)7-5-8-16(3)9-6-10-18-11-12-30-14-19(22(29)25-24-18)23-21(28)17(4)13-20(26)27/h7,9,11,17,19,24H,5-6,8,10,12-14H2,1-4H3,(H,23,28)(H,25,29)(H,26,27)/b16-9+,18-11-/t17?,19-/m0/s1. The second-order valence-corrected chi connectivity index (χ2v) is 8.93. The Morgan fingerprint density at radius 1 is 1.27 bits per heavy atom. The molecule has 0 bridgehead atoms. The van der Waals surface area contributed by atoms with Crippen LogP contribution in [-0.2, 0) is 14.4 Å². The molecule has 7 nitrogen and oxygen atoms in total. The number of aliphatic carboxylic acids is 1. The highest BCUT2D eigenvalue weighted by Gasteiger charge is 2.25. The van der Waals surface area contributed by atoms with Crippen LogP contribution in [0.3, 0.4) is 0 Å². The lowest BCUT2D eigenvalue weighted by Gasteiger charge is -2.19. The van der Waals surface area contributed by atoms with Crippen molar-refractivity contribution in [2.45, 2.75) is 65.8 Å². The summed E-state index contributed by atoms with van der Waals surface area (Å²) >= 11 is 1.55. The summed E-state index contributed by atoms with van der Waals surface area (Å²) in [6.07, 6.45) is 10.0. The Morgan fingerprint density at radius 2 is 2.00 bits per heavy atom. The highest BCUT2D eigenvalue weighted by molar-refractivity contribution is 7.99. The first-order valence-electron chi connectivity index (χ1n) is 10.3. The summed E-state index contributed by atoms with van der Waals surface area (Å²) in [4.78, 5) is 35.4. The lowest BCUT2D eigenvalue weighted by Crippen LogP contribution is -2.52. The van der Waals surface area contributed by atoms with Crippen molar-refractivity contribution < 1.29 is 19.5 Å². The molecule has 1 unspecified atom stereocenters. The summed E-state index contributed by atoms with van der Waals surface area (Å²) in [7, 11) is 0. The molecule has 1 rings (SSSR count). The number of nitrogens with one attached hydrogen (secondary N) is 3. The molecule has 0 saturated heterocycles. The summed E-state index contributed by atoms with van der Waals surface area (Å²) in [5.41, 5.74) is 9.27. The Balaban J connectivity index is 2.51. The summed E-state index contributed by atoms with van der Waals surface area (Å²) < 4.78 is 0. The summed E-state index contributed by atoms with van der Waals surface area (Å²) in [5.74, 6) is -1.35. The van der Waals surface area contributed by atoms with Gasteiger partial charge in [-0.25, -0.2) is 0 Å². The van der Waals surface area contributed by atoms with Crippen LogP contribution in [0.4, 0.5) is 0 Å². The second kappa shape index (κ2) is 13.9. The van der Waals surface area contributed by atoms with Gasteiger partial charge in [-0.1, -0.05) is 36.3 Å². The quantitative estimate of drug-likeness (QED) is 0.391. The predicted molar refractivity (Wildman–Crippen MR) is 122 cm³/mol. The Kier molecular flexibility index (Phi) is 12.0. The SMILES string of the molecule is CC(C)=CCC/C(C)=C/CC/C1=C/CSC[C@H](NC(=O)C(C)CC(=O)O)C(=O)NN1. The molecule has 0 aromatic rings. The van der Waals surface area contributed by atoms with E-state index in [0.717, 1.165) is 37.1 Å². The number of rotatable bonds is 10. The number of thioether (sulfide) groups is 1. The van der Waals surface area contributed by atoms with Crippen molar-refractivity contribution in [1.82, 2.24) is 16.2 Å². The first kappa shape index (κ1) is 25.8. The Bertz CT molecular complexity index is 696. The van der Waals surface area contributed by atoms with Gasteiger partial charge in [-0.2, -0.15) is 11.8 Å². The van der Waals surface area contributed by atoms with Gasteiger partial charge in [0.05, 0.1) is 6.42 Å². The van der Waals surface area contributed by atoms with Crippen LogP contribution in [-0.4, -0.2) is 40.4 Å². The van der Waals surface area contributed by atoms with Crippen molar-refractivity contribution in [3.05, 3.63) is 35.1 Å². The predicted octanol–water partition coefficient (Wildman–Crippen LogP) is 3.31. The molecule has 0 aromatic carbocycles. The molecule has 0 radical (unpaired) electrons. The van der Waals surface area contributed by atoms with Gasteiger partial charge in [-0.15, -0.1) is 0 Å². The van der Waals surface area contributed by atoms with Gasteiger partial charge in [-0.3, -0.25) is 19.8 Å². The van der Waals surface area contributed by atoms with Gasteiger partial charge in [0.15, 0.2) is 0 Å². The van der Waals surface area contributed by atoms with E-state index in [0.29, 0.717) is 5.75 Å². The topological polar surface area (TPSA) is 108 Å². The molecule has 0 spiro atoms. The van der Waals surface area contributed by atoms with Crippen LogP contribution < -0.4 is 16.2 Å². The van der Waals surface area contributed by atoms with Crippen LogP contribution in [0.2, 0.25) is 0 Å². The molecule has 0 aliphatic carbocycles. The van der Waals surface area contributed by atoms with E-state index in [9.17, 15) is 14.4 Å². The van der Waals surface area contributed by atoms with Gasteiger partial charge in [0.2, 0.25) is 5.91 Å². The van der Waals surface area contributed by atoms with E-state index >= 15 is 0 Å². The summed E-state index contributed by atoms with van der Waals surface area (Å²) in [5, 5.41) is 11.5. The zero-order valence-corrected chi connectivity index (χ0v) is 19.2. The fraction of sp³-hybridized carbons (Fsp3) is 0.591. The van der Waals surface area contributed by atoms with Gasteiger partial charge in [0.25, 0.3) is 5.91 Å². The average molecular weight is 438 g/mol. The molecule has 0 aromatic heterocycles. The number of amides is 2. The molecule has 2 amide bonds. The first-order valence-corrected chi connectivity index (χ1v) is 11.5. The van der Waals surface area contributed by atoms with Gasteiger partial charge >= 0.3 is 5.97 Å². The van der Waals surface area contributed by atoms with E-state index in [2.05, 4.69) is 55.2 Å². The monoisotopic (exact) mass is 437 g/mol. The van der Waals surface area contributed by atoms with Crippen molar-refractivity contribution in [3.8, 4) is 0 Å². The average Bonchev–Trinajstić information content (AvgIpc) is 2.73. The van der Waals surface area contributed by atoms with Crippen LogP contribution in [0.15, 0.2) is 35.1 Å². The van der Waals surface area contributed by atoms with Crippen LogP contribution in [0.25, 0.3) is 0 Å². The molecule has 4 N–H and O–H groups in total. The minimum Gasteiger partial charge on any atom is -0.481 e. The smallest absolute Gasteiger partial charge is 0.304 e. The van der Waals surface area contributed by atoms with Gasteiger partial charge < -0.3 is 15.8 Å². The first-order chi connectivity index (χ1) is 14.2. The third-order valence-electron chi connectivity index (χ3n) is 4.64. The number of carbonyl (C=O) groups excluding carboxylic acids is 2. The van der Waals surface area contributed by atoms with Crippen molar-refractivity contribution in [1.29, 1.82) is 0 Å². The number of hydrogen-bond donors (Lipinski definition) is 4. The third kappa shape index (κ3) is 11.1. The van der Waals surface area contributed by atoms with Crippen molar-refractivity contribution in [2.75, 3.05) is 11.5 Å². The van der Waals surface area contributed by atoms with E-state index in [4.69, 9.17) is 5.11 Å². The molecule has 30 heavy (non-hydrogen) atoms. The molecular weight excluding hydrogens is 402 g/mol. The van der Waals surface area contributed by atoms with Crippen molar-refractivity contribution >= 4 is 29.5 Å². The largest absolute Gasteiger partial charge is 0.481 e. The van der Waals surface area contributed by atoms with E-state index in [-0.39, 0.29) is 12.3 Å². The molecule has 1 aliphatic rings. The molecule has 1 aliphatic heterocycles. The maximum atomic E-state index is 12.4. The van der Waals surface area contributed by atoms with Crippen LogP contribution in [0.5, 0.6) is 0 Å². The van der Waals surface area contributed by atoms with Crippen molar-refractivity contribution in [3.63, 3.8) is 0 Å². The maximum absolute atomic E-state index is 12.4. The van der Waals surface area contributed by atoms with Crippen LogP contribution in [0, 0.1) is 5.92 Å². The number of carboxylic acids is 1. The van der Waals surface area contributed by atoms with Crippen LogP contribution >= 0.6 is 11.8 Å². The van der Waals surface area contributed by atoms with E-state index in [1.54, 1.807) is 11.8 Å². The lowest BCUT2D eigenvalue weighted by molar-refractivity contribution is -0.141. The number of hydrazine groups is 1. The van der Waals surface area contributed by atoms with E-state index in [1.807, 2.05) is 0 Å². The Hall–Kier alpha value is -2.22. The Labute approximate surface area is 183 Å². The summed E-state index contributed by atoms with van der Waals surface area (Å²) in [6, 6.07) is -0.712. The maximum Gasteiger partial charge on any atom is 0.304 e. The zero-order valence-electron chi connectivity index (χ0n) is 18.4. The zero-order chi connectivity index (χ0) is 22.5. The second-order valence-electron chi connectivity index (χ2n) is 7.85. The Morgan fingerprint density at radius 3 is 2.67 bits per heavy atom. The van der Waals surface area contributed by atoms with Crippen molar-refractivity contribution in [2.24, 2.45) is 5.92 Å². The molecule has 8 heteroatoms. The molecular formula is C22H35N3O4S. The fourth-order valence-electron chi connectivity index (χ4n) is 2.81. The minimum absolute atomic E-state index is 0.265. The normalized spacial score (nSPS) is 20.3. The minimum atomic E-state index is -1.04. The molecule has 2 atom stereocenters. The highest BCUT2D eigenvalue weighted by Crippen LogP contribution is 2.13. The van der Waals surface area contributed by atoms with E-state index < -0.39 is 23.8 Å². The highest BCUT2D eigenvalue weighted by atomic mass is 32.2. The molecule has 168 valence electrons. The number of hydrogen-bond acceptors (Lipinski definition) is 5. The van der Waals surface area contributed by atoms with Gasteiger partial charge in [0, 0.05) is 23.1 Å². The summed E-state index contributed by atoms with van der Waals surface area (Å²) in [6.45, 7) is 7.89. The lowest BCUT2D eigenvalue weighted by atomic mass is 10.1. The van der Waals surface area contributed by atoms with E-state index in [1.165, 1.54) is 18.1 Å². The molecule has 0 saturated carbocycles. The van der Waals surface area contributed by atoms with Crippen LogP contribution in [0.1, 0.15) is 59.8 Å². The molecule has 0 fully saturated rings. The number of carbonyl (C=O) groups is 3.